The first-order chi connectivity index (χ1) is 15.4. The average molecular weight is 473 g/mol. The van der Waals surface area contributed by atoms with Crippen LogP contribution in [0.5, 0.6) is 0 Å². The number of carbonyl (C=O) groups is 4. The van der Waals surface area contributed by atoms with E-state index in [0.29, 0.717) is 25.0 Å². The van der Waals surface area contributed by atoms with Gasteiger partial charge in [-0.05, 0) is 37.5 Å². The van der Waals surface area contributed by atoms with Crippen molar-refractivity contribution in [3.8, 4) is 0 Å². The number of carboxylic acid groups (broad SMARTS) is 2. The topological polar surface area (TPSA) is 147 Å². The van der Waals surface area contributed by atoms with Crippen molar-refractivity contribution in [2.24, 2.45) is 5.41 Å². The molecule has 3 N–H and O–H groups in total. The van der Waals surface area contributed by atoms with Crippen LogP contribution in [0.15, 0.2) is 22.8 Å². The summed E-state index contributed by atoms with van der Waals surface area (Å²) >= 11 is 0. The fourth-order valence-corrected chi connectivity index (χ4v) is 2.62. The zero-order chi connectivity index (χ0) is 26.0. The predicted molar refractivity (Wildman–Crippen MR) is 123 cm³/mol. The van der Waals surface area contributed by atoms with E-state index in [4.69, 9.17) is 15.1 Å². The molecule has 0 saturated heterocycles. The molecule has 0 fully saturated rings. The molecule has 0 rings (SSSR count). The summed E-state index contributed by atoms with van der Waals surface area (Å²) in [5.74, 6) is -3.73. The highest BCUT2D eigenvalue weighted by Crippen LogP contribution is 2.25. The van der Waals surface area contributed by atoms with Crippen LogP contribution in [0.1, 0.15) is 92.9 Å². The number of unbranched alkanes of at least 4 members (excludes halogenated alkanes) is 3. The van der Waals surface area contributed by atoms with Crippen LogP contribution < -0.4 is 0 Å². The second-order valence-electron chi connectivity index (χ2n) is 8.48. The number of aliphatic carboxylic acids is 2. The Morgan fingerprint density at radius 2 is 1.27 bits per heavy atom. The van der Waals surface area contributed by atoms with Crippen molar-refractivity contribution in [2.75, 3.05) is 6.61 Å². The van der Waals surface area contributed by atoms with Gasteiger partial charge in [0.15, 0.2) is 0 Å². The monoisotopic (exact) mass is 472 g/mol. The summed E-state index contributed by atoms with van der Waals surface area (Å²) < 4.78 is 5.19. The third-order valence-corrected chi connectivity index (χ3v) is 4.54. The first kappa shape index (κ1) is 32.5. The minimum atomic E-state index is -1.25. The normalized spacial score (nSPS) is 12.2. The van der Waals surface area contributed by atoms with Crippen LogP contribution in [0.3, 0.4) is 0 Å². The second kappa shape index (κ2) is 17.8. The summed E-state index contributed by atoms with van der Waals surface area (Å²) in [6.45, 7) is 11.3. The molecule has 0 atom stereocenters. The van der Waals surface area contributed by atoms with Crippen molar-refractivity contribution in [1.29, 1.82) is 0 Å². The van der Waals surface area contributed by atoms with Crippen LogP contribution >= 0.6 is 0 Å². The van der Waals surface area contributed by atoms with Gasteiger partial charge in [0.2, 0.25) is 0 Å². The molecule has 0 aliphatic heterocycles. The molecule has 9 heteroatoms. The Morgan fingerprint density at radius 1 is 0.788 bits per heavy atom. The van der Waals surface area contributed by atoms with Crippen LogP contribution in [0, 0.1) is 5.41 Å². The van der Waals surface area contributed by atoms with Gasteiger partial charge in [0, 0.05) is 17.2 Å². The molecule has 0 aliphatic carbocycles. The molecule has 9 nitrogen and oxygen atoms in total. The third kappa shape index (κ3) is 14.9. The van der Waals surface area contributed by atoms with Crippen molar-refractivity contribution in [1.82, 2.24) is 0 Å². The van der Waals surface area contributed by atoms with Crippen LogP contribution in [0.2, 0.25) is 0 Å². The molecule has 0 amide bonds. The number of hydrogen-bond donors (Lipinski definition) is 3. The SMILES string of the molecule is CC(C)(C)/C(=C/C(=O)O)C(=O)OO.CCCCOC(=O)/C(CCCC)=C(/CCCC)C(=O)O. The van der Waals surface area contributed by atoms with E-state index in [2.05, 4.69) is 4.89 Å². The highest BCUT2D eigenvalue weighted by molar-refractivity contribution is 5.99. The van der Waals surface area contributed by atoms with E-state index < -0.39 is 29.3 Å². The van der Waals surface area contributed by atoms with E-state index >= 15 is 0 Å². The standard InChI is InChI=1S/C16H28O4.C8H12O5/c1-4-7-10-13(15(17)18)14(11-8-5-2)16(19)20-12-9-6-3;1-8(2,3)5(4-6(9)10)7(11)13-12/h4-12H2,1-3H3,(H,17,18);4,12H,1-3H3,(H,9,10)/b14-13-;5-4+. The molecule has 0 aromatic heterocycles. The Hall–Kier alpha value is -2.68. The molecule has 190 valence electrons. The Balaban J connectivity index is 0. The maximum Gasteiger partial charge on any atom is 0.369 e. The Labute approximate surface area is 196 Å². The average Bonchev–Trinajstić information content (AvgIpc) is 2.73. The zero-order valence-electron chi connectivity index (χ0n) is 20.7. The highest BCUT2D eigenvalue weighted by Gasteiger charge is 2.26. The fourth-order valence-electron chi connectivity index (χ4n) is 2.62. The van der Waals surface area contributed by atoms with Gasteiger partial charge in [-0.1, -0.05) is 60.8 Å². The Bertz CT molecular complexity index is 697. The lowest BCUT2D eigenvalue weighted by Gasteiger charge is -2.18. The number of ether oxygens (including phenoxy) is 1. The van der Waals surface area contributed by atoms with Gasteiger partial charge in [-0.3, -0.25) is 4.89 Å². The lowest BCUT2D eigenvalue weighted by molar-refractivity contribution is -0.230. The van der Waals surface area contributed by atoms with E-state index in [9.17, 15) is 24.3 Å². The Morgan fingerprint density at radius 3 is 1.64 bits per heavy atom. The van der Waals surface area contributed by atoms with Gasteiger partial charge >= 0.3 is 23.9 Å². The van der Waals surface area contributed by atoms with Crippen molar-refractivity contribution < 1.29 is 44.3 Å². The molecular weight excluding hydrogens is 432 g/mol. The van der Waals surface area contributed by atoms with Crippen LogP contribution in [-0.2, 0) is 28.8 Å². The van der Waals surface area contributed by atoms with Crippen molar-refractivity contribution in [3.63, 3.8) is 0 Å². The summed E-state index contributed by atoms with van der Waals surface area (Å²) in [5.41, 5.74) is -0.175. The van der Waals surface area contributed by atoms with Crippen LogP contribution in [0.4, 0.5) is 0 Å². The van der Waals surface area contributed by atoms with E-state index in [0.717, 1.165) is 44.6 Å². The van der Waals surface area contributed by atoms with Crippen molar-refractivity contribution in [3.05, 3.63) is 22.8 Å². The summed E-state index contributed by atoms with van der Waals surface area (Å²) in [7, 11) is 0. The molecule has 0 bridgehead atoms. The van der Waals surface area contributed by atoms with Crippen LogP contribution in [-0.4, -0.2) is 46.0 Å². The molecule has 0 aromatic carbocycles. The van der Waals surface area contributed by atoms with Gasteiger partial charge < -0.3 is 14.9 Å². The number of hydrogen-bond acceptors (Lipinski definition) is 7. The molecule has 0 aromatic rings. The summed E-state index contributed by atoms with van der Waals surface area (Å²) in [4.78, 5) is 48.1. The minimum Gasteiger partial charge on any atom is -0.478 e. The third-order valence-electron chi connectivity index (χ3n) is 4.54. The largest absolute Gasteiger partial charge is 0.478 e. The maximum atomic E-state index is 12.1. The molecular formula is C24H40O9. The Kier molecular flexibility index (Phi) is 17.6. The lowest BCUT2D eigenvalue weighted by Crippen LogP contribution is -2.20. The fraction of sp³-hybridized carbons (Fsp3) is 0.667. The molecule has 0 aliphatic rings. The van der Waals surface area contributed by atoms with Gasteiger partial charge in [0.25, 0.3) is 0 Å². The lowest BCUT2D eigenvalue weighted by atomic mass is 9.86. The number of esters is 1. The van der Waals surface area contributed by atoms with Gasteiger partial charge in [-0.2, -0.15) is 5.26 Å². The van der Waals surface area contributed by atoms with Crippen LogP contribution in [0.25, 0.3) is 0 Å². The summed E-state index contributed by atoms with van der Waals surface area (Å²) in [6.07, 6.45) is 6.82. The first-order valence-corrected chi connectivity index (χ1v) is 11.3. The number of rotatable bonds is 13. The molecule has 0 spiro atoms. The minimum absolute atomic E-state index is 0.0949. The molecule has 0 heterocycles. The maximum absolute atomic E-state index is 12.1. The van der Waals surface area contributed by atoms with Gasteiger partial charge in [-0.15, -0.1) is 0 Å². The quantitative estimate of drug-likeness (QED) is 0.109. The summed E-state index contributed by atoms with van der Waals surface area (Å²) in [6, 6.07) is 0. The van der Waals surface area contributed by atoms with Gasteiger partial charge in [0.1, 0.15) is 0 Å². The van der Waals surface area contributed by atoms with E-state index in [1.807, 2.05) is 20.8 Å². The highest BCUT2D eigenvalue weighted by atomic mass is 17.1. The first-order valence-electron chi connectivity index (χ1n) is 11.3. The number of carbonyl (C=O) groups excluding carboxylic acids is 2. The summed E-state index contributed by atoms with van der Waals surface area (Å²) in [5, 5.41) is 25.8. The van der Waals surface area contributed by atoms with Crippen molar-refractivity contribution >= 4 is 23.9 Å². The molecule has 0 saturated carbocycles. The zero-order valence-corrected chi connectivity index (χ0v) is 20.7. The number of carboxylic acids is 2. The van der Waals surface area contributed by atoms with Crippen molar-refractivity contribution in [2.45, 2.75) is 92.9 Å². The molecule has 0 radical (unpaired) electrons. The van der Waals surface area contributed by atoms with Gasteiger partial charge in [0.05, 0.1) is 12.2 Å². The second-order valence-corrected chi connectivity index (χ2v) is 8.48. The molecule has 33 heavy (non-hydrogen) atoms. The predicted octanol–water partition coefficient (Wildman–Crippen LogP) is 5.15. The van der Waals surface area contributed by atoms with E-state index in [1.54, 1.807) is 20.8 Å². The van der Waals surface area contributed by atoms with E-state index in [1.165, 1.54) is 0 Å². The van der Waals surface area contributed by atoms with E-state index in [-0.39, 0.29) is 11.1 Å². The van der Waals surface area contributed by atoms with Gasteiger partial charge in [-0.25, -0.2) is 19.2 Å². The smallest absolute Gasteiger partial charge is 0.369 e. The molecule has 0 unspecified atom stereocenters.